The zero-order valence-electron chi connectivity index (χ0n) is 19.7. The van der Waals surface area contributed by atoms with Gasteiger partial charge < -0.3 is 24.7 Å². The first-order valence-corrected chi connectivity index (χ1v) is 12.7. The maximum atomic E-state index is 13.6. The predicted molar refractivity (Wildman–Crippen MR) is 132 cm³/mol. The molecule has 5 rings (SSSR count). The second-order valence-electron chi connectivity index (χ2n) is 9.77. The van der Waals surface area contributed by atoms with E-state index in [0.717, 1.165) is 67.4 Å². The van der Waals surface area contributed by atoms with E-state index < -0.39 is 0 Å². The number of nitrogens with one attached hydrogen (secondary N) is 2. The number of rotatable bonds is 4. The minimum Gasteiger partial charge on any atom is -0.469 e. The summed E-state index contributed by atoms with van der Waals surface area (Å²) in [7, 11) is 1.39. The van der Waals surface area contributed by atoms with Gasteiger partial charge in [-0.15, -0.1) is 0 Å². The zero-order chi connectivity index (χ0) is 23.9. The van der Waals surface area contributed by atoms with Gasteiger partial charge in [-0.05, 0) is 50.7 Å². The summed E-state index contributed by atoms with van der Waals surface area (Å²) in [5.41, 5.74) is 2.23. The quantitative estimate of drug-likeness (QED) is 0.542. The van der Waals surface area contributed by atoms with Crippen LogP contribution in [0, 0.1) is 0 Å². The Hall–Kier alpha value is -2.67. The Morgan fingerprint density at radius 3 is 2.79 bits per heavy atom. The molecule has 1 aromatic heterocycles. The summed E-state index contributed by atoms with van der Waals surface area (Å²) in [5.74, 6) is 0.678. The van der Waals surface area contributed by atoms with Crippen LogP contribution in [-0.2, 0) is 15.1 Å². The van der Waals surface area contributed by atoms with E-state index in [2.05, 4.69) is 17.2 Å². The molecule has 2 fully saturated rings. The van der Waals surface area contributed by atoms with Gasteiger partial charge in [-0.2, -0.15) is 0 Å². The monoisotopic (exact) mass is 485 g/mol. The molecule has 0 radical (unpaired) electrons. The lowest BCUT2D eigenvalue weighted by atomic mass is 9.74. The number of hydrogen-bond acceptors (Lipinski definition) is 6. The number of likely N-dealkylation sites (tertiary alicyclic amines) is 1. The van der Waals surface area contributed by atoms with Gasteiger partial charge in [0.15, 0.2) is 5.76 Å². The molecule has 1 spiro atoms. The average molecular weight is 486 g/mol. The number of amides is 1. The number of methoxy groups -OCH3 is 1. The number of furan rings is 1. The molecule has 1 saturated carbocycles. The van der Waals surface area contributed by atoms with Crippen LogP contribution in [0.1, 0.15) is 80.3 Å². The lowest BCUT2D eigenvalue weighted by molar-refractivity contribution is -0.141. The van der Waals surface area contributed by atoms with Crippen molar-refractivity contribution >= 4 is 40.1 Å². The van der Waals surface area contributed by atoms with Crippen LogP contribution >= 0.6 is 11.6 Å². The van der Waals surface area contributed by atoms with E-state index >= 15 is 0 Å². The van der Waals surface area contributed by atoms with Crippen LogP contribution in [-0.4, -0.2) is 36.5 Å². The standard InChI is InChI=1S/C26H32ClN3O4/c1-16-28-23-19(27)14-17-15-20(34-24(17)22(23)26(29-16)11-5-3-6-12-26)25(32)30-13-7-4-8-18(30)9-10-21(31)33-2/h14-15,18,28-29H,1,3-13H2,2H3. The highest BCUT2D eigenvalue weighted by Crippen LogP contribution is 2.50. The van der Waals surface area contributed by atoms with Gasteiger partial charge in [-0.1, -0.05) is 37.4 Å². The van der Waals surface area contributed by atoms with Gasteiger partial charge in [0.25, 0.3) is 5.91 Å². The molecule has 7 nitrogen and oxygen atoms in total. The number of hydrogen-bond donors (Lipinski definition) is 2. The van der Waals surface area contributed by atoms with Crippen molar-refractivity contribution in [1.29, 1.82) is 0 Å². The van der Waals surface area contributed by atoms with E-state index in [1.165, 1.54) is 13.5 Å². The van der Waals surface area contributed by atoms with Crippen molar-refractivity contribution in [3.8, 4) is 0 Å². The van der Waals surface area contributed by atoms with Crippen LogP contribution in [0.5, 0.6) is 0 Å². The van der Waals surface area contributed by atoms with E-state index in [9.17, 15) is 9.59 Å². The summed E-state index contributed by atoms with van der Waals surface area (Å²) in [6.07, 6.45) is 9.10. The minimum absolute atomic E-state index is 0.00223. The Balaban J connectivity index is 1.52. The largest absolute Gasteiger partial charge is 0.469 e. The normalized spacial score (nSPS) is 21.6. The second-order valence-corrected chi connectivity index (χ2v) is 10.2. The van der Waals surface area contributed by atoms with Crippen molar-refractivity contribution in [3.63, 3.8) is 0 Å². The smallest absolute Gasteiger partial charge is 0.305 e. The number of fused-ring (bicyclic) bond motifs is 4. The molecule has 3 heterocycles. The second kappa shape index (κ2) is 9.17. The van der Waals surface area contributed by atoms with Crippen molar-refractivity contribution in [2.45, 2.75) is 75.8 Å². The first-order chi connectivity index (χ1) is 16.4. The summed E-state index contributed by atoms with van der Waals surface area (Å²) >= 11 is 6.72. The summed E-state index contributed by atoms with van der Waals surface area (Å²) in [5, 5.41) is 8.31. The summed E-state index contributed by atoms with van der Waals surface area (Å²) < 4.78 is 11.1. The van der Waals surface area contributed by atoms with Gasteiger partial charge in [0.05, 0.1) is 29.2 Å². The SMILES string of the molecule is C=C1Nc2c(Cl)cc3cc(C(=O)N4CCCCC4CCC(=O)OC)oc3c2C2(CCCCC2)N1. The fraction of sp³-hybridized carbons (Fsp3) is 0.538. The van der Waals surface area contributed by atoms with E-state index in [-0.39, 0.29) is 23.5 Å². The third-order valence-electron chi connectivity index (χ3n) is 7.62. The van der Waals surface area contributed by atoms with Crippen molar-refractivity contribution in [2.75, 3.05) is 19.0 Å². The molecule has 2 aliphatic heterocycles. The lowest BCUT2D eigenvalue weighted by Crippen LogP contribution is -2.48. The molecule has 3 aliphatic rings. The van der Waals surface area contributed by atoms with E-state index in [0.29, 0.717) is 35.8 Å². The molecule has 2 N–H and O–H groups in total. The number of esters is 1. The third kappa shape index (κ3) is 4.04. The summed E-state index contributed by atoms with van der Waals surface area (Å²) in [6.45, 7) is 4.78. The molecule has 34 heavy (non-hydrogen) atoms. The van der Waals surface area contributed by atoms with Gasteiger partial charge in [0, 0.05) is 30.0 Å². The molecule has 1 aromatic carbocycles. The molecule has 1 saturated heterocycles. The first kappa shape index (κ1) is 23.1. The Bertz CT molecular complexity index is 1130. The fourth-order valence-corrected chi connectivity index (χ4v) is 6.25. The van der Waals surface area contributed by atoms with Crippen LogP contribution < -0.4 is 10.6 Å². The molecule has 1 atom stereocenters. The van der Waals surface area contributed by atoms with Crippen molar-refractivity contribution < 1.29 is 18.7 Å². The minimum atomic E-state index is -0.300. The Morgan fingerprint density at radius 2 is 2.03 bits per heavy atom. The highest BCUT2D eigenvalue weighted by molar-refractivity contribution is 6.34. The number of carbonyl (C=O) groups is 2. The van der Waals surface area contributed by atoms with E-state index in [4.69, 9.17) is 20.8 Å². The van der Waals surface area contributed by atoms with Gasteiger partial charge in [-0.25, -0.2) is 0 Å². The molecular formula is C26H32ClN3O4. The van der Waals surface area contributed by atoms with Crippen LogP contribution in [0.4, 0.5) is 5.69 Å². The maximum Gasteiger partial charge on any atom is 0.305 e. The first-order valence-electron chi connectivity index (χ1n) is 12.3. The molecule has 2 aromatic rings. The Morgan fingerprint density at radius 1 is 1.24 bits per heavy atom. The molecule has 8 heteroatoms. The fourth-order valence-electron chi connectivity index (χ4n) is 5.99. The van der Waals surface area contributed by atoms with Crippen molar-refractivity contribution in [3.05, 3.63) is 40.9 Å². The number of piperidine rings is 1. The van der Waals surface area contributed by atoms with Crippen molar-refractivity contribution in [1.82, 2.24) is 10.2 Å². The Kier molecular flexibility index (Phi) is 6.23. The molecule has 0 bridgehead atoms. The van der Waals surface area contributed by atoms with Gasteiger partial charge in [0.2, 0.25) is 0 Å². The number of nitrogens with zero attached hydrogens (tertiary/aromatic N) is 1. The lowest BCUT2D eigenvalue weighted by Gasteiger charge is -2.44. The van der Waals surface area contributed by atoms with Crippen LogP contribution in [0.2, 0.25) is 5.02 Å². The zero-order valence-corrected chi connectivity index (χ0v) is 20.4. The number of carbonyl (C=O) groups excluding carboxylic acids is 2. The summed E-state index contributed by atoms with van der Waals surface area (Å²) in [6, 6.07) is 3.68. The van der Waals surface area contributed by atoms with Gasteiger partial charge in [0.1, 0.15) is 5.58 Å². The number of benzene rings is 1. The molecule has 1 amide bonds. The highest BCUT2D eigenvalue weighted by atomic mass is 35.5. The summed E-state index contributed by atoms with van der Waals surface area (Å²) in [4.78, 5) is 27.2. The molecule has 1 aliphatic carbocycles. The van der Waals surface area contributed by atoms with Crippen LogP contribution in [0.3, 0.4) is 0 Å². The third-order valence-corrected chi connectivity index (χ3v) is 7.92. The number of halogens is 1. The van der Waals surface area contributed by atoms with Crippen molar-refractivity contribution in [2.24, 2.45) is 0 Å². The molecular weight excluding hydrogens is 454 g/mol. The van der Waals surface area contributed by atoms with E-state index in [1.54, 1.807) is 0 Å². The van der Waals surface area contributed by atoms with Crippen LogP contribution in [0.25, 0.3) is 11.0 Å². The average Bonchev–Trinajstić information content (AvgIpc) is 3.26. The highest BCUT2D eigenvalue weighted by Gasteiger charge is 2.42. The van der Waals surface area contributed by atoms with Gasteiger partial charge in [-0.3, -0.25) is 9.59 Å². The molecule has 182 valence electrons. The van der Waals surface area contributed by atoms with Gasteiger partial charge >= 0.3 is 5.97 Å². The predicted octanol–water partition coefficient (Wildman–Crippen LogP) is 5.68. The maximum absolute atomic E-state index is 13.6. The van der Waals surface area contributed by atoms with E-state index in [1.807, 2.05) is 17.0 Å². The number of ether oxygens (including phenoxy) is 1. The molecule has 1 unspecified atom stereocenters. The topological polar surface area (TPSA) is 83.8 Å². The van der Waals surface area contributed by atoms with Crippen LogP contribution in [0.15, 0.2) is 28.9 Å². The Labute approximate surface area is 204 Å². The number of anilines is 1.